The predicted octanol–water partition coefficient (Wildman–Crippen LogP) is 7.47. The van der Waals surface area contributed by atoms with Crippen molar-refractivity contribution in [3.63, 3.8) is 0 Å². The van der Waals surface area contributed by atoms with E-state index in [1.807, 2.05) is 0 Å². The molecule has 0 aromatic heterocycles. The zero-order valence-corrected chi connectivity index (χ0v) is 24.8. The second-order valence-electron chi connectivity index (χ2n) is 9.62. The van der Waals surface area contributed by atoms with Gasteiger partial charge < -0.3 is 0 Å². The average Bonchev–Trinajstić information content (AvgIpc) is 2.55. The van der Waals surface area contributed by atoms with Crippen LogP contribution in [0.15, 0.2) is 0 Å². The van der Waals surface area contributed by atoms with Crippen LogP contribution in [-0.4, -0.2) is 27.8 Å². The van der Waals surface area contributed by atoms with E-state index in [2.05, 4.69) is 83.1 Å². The molecule has 0 spiro atoms. The van der Waals surface area contributed by atoms with Gasteiger partial charge in [-0.25, -0.2) is 0 Å². The summed E-state index contributed by atoms with van der Waals surface area (Å²) in [6.45, 7) is 26.1. The third kappa shape index (κ3) is 9.23. The summed E-state index contributed by atoms with van der Waals surface area (Å²) in [5, 5.41) is 0. The molecule has 0 aliphatic rings. The summed E-state index contributed by atoms with van der Waals surface area (Å²) in [5.41, 5.74) is -0.710. The summed E-state index contributed by atoms with van der Waals surface area (Å²) in [7, 11) is -3.90. The Morgan fingerprint density at radius 3 is 0.889 bits per heavy atom. The Labute approximate surface area is 179 Å². The van der Waals surface area contributed by atoms with Crippen molar-refractivity contribution in [3.05, 3.63) is 0 Å². The molecule has 0 amide bonds. The molecule has 27 heavy (non-hydrogen) atoms. The third-order valence-corrected chi connectivity index (χ3v) is 28.8. The molecule has 0 rings (SSSR count). The van der Waals surface area contributed by atoms with Crippen molar-refractivity contribution < 1.29 is 32.7 Å². The van der Waals surface area contributed by atoms with Crippen molar-refractivity contribution in [1.82, 2.24) is 0 Å². The van der Waals surface area contributed by atoms with Crippen molar-refractivity contribution in [2.24, 2.45) is 0 Å². The second-order valence-corrected chi connectivity index (χ2v) is 25.5. The normalized spacial score (nSPS) is 14.7. The van der Waals surface area contributed by atoms with E-state index in [1.165, 1.54) is 0 Å². The van der Waals surface area contributed by atoms with E-state index in [1.54, 1.807) is 0 Å². The molecule has 0 unspecified atom stereocenters. The fourth-order valence-electron chi connectivity index (χ4n) is 3.34. The monoisotopic (exact) mass is 498 g/mol. The number of hydrogen-bond acceptors (Lipinski definition) is 4. The van der Waals surface area contributed by atoms with Gasteiger partial charge in [-0.05, 0) is 0 Å². The zero-order valence-electron chi connectivity index (χ0n) is 20.4. The van der Waals surface area contributed by atoms with E-state index in [9.17, 15) is 0 Å². The fourth-order valence-corrected chi connectivity index (χ4v) is 28.7. The van der Waals surface area contributed by atoms with Crippen LogP contribution in [0.5, 0.6) is 0 Å². The molecule has 0 saturated heterocycles. The van der Waals surface area contributed by atoms with Gasteiger partial charge in [0.1, 0.15) is 0 Å². The molecule has 7 heteroatoms. The van der Waals surface area contributed by atoms with Crippen molar-refractivity contribution in [1.29, 1.82) is 0 Å². The van der Waals surface area contributed by atoms with E-state index in [-0.39, 0.29) is 11.2 Å². The second kappa shape index (κ2) is 11.0. The van der Waals surface area contributed by atoms with Gasteiger partial charge in [0, 0.05) is 0 Å². The SMILES string of the molecule is CC[Si](CC)(CC)[O][Zr]([O]C(C)(C)C)([O]C(C)(C)C)[O][Si](CC)(CC)CC. The van der Waals surface area contributed by atoms with E-state index in [4.69, 9.17) is 10.6 Å². The molecule has 0 heterocycles. The van der Waals surface area contributed by atoms with E-state index < -0.39 is 38.7 Å². The van der Waals surface area contributed by atoms with Crippen LogP contribution in [0.25, 0.3) is 0 Å². The van der Waals surface area contributed by atoms with Crippen LogP contribution in [0, 0.1) is 0 Å². The molecular weight excluding hydrogens is 452 g/mol. The molecular formula is C20H48O4Si2Zr. The molecule has 0 radical (unpaired) electrons. The van der Waals surface area contributed by atoms with E-state index in [0.29, 0.717) is 0 Å². The topological polar surface area (TPSA) is 36.9 Å². The quantitative estimate of drug-likeness (QED) is 0.261. The number of hydrogen-bond donors (Lipinski definition) is 0. The van der Waals surface area contributed by atoms with Crippen LogP contribution in [0.1, 0.15) is 83.1 Å². The fraction of sp³-hybridized carbons (Fsp3) is 1.00. The van der Waals surface area contributed by atoms with Crippen LogP contribution in [0.3, 0.4) is 0 Å². The maximum absolute atomic E-state index is 7.10. The molecule has 0 saturated carbocycles. The van der Waals surface area contributed by atoms with E-state index >= 15 is 0 Å². The van der Waals surface area contributed by atoms with Gasteiger partial charge in [-0.1, -0.05) is 0 Å². The molecule has 0 aliphatic heterocycles. The Balaban J connectivity index is 6.39. The van der Waals surface area contributed by atoms with Crippen molar-refractivity contribution >= 4 is 16.6 Å². The van der Waals surface area contributed by atoms with E-state index in [0.717, 1.165) is 36.3 Å². The van der Waals surface area contributed by atoms with Gasteiger partial charge >= 0.3 is 180 Å². The summed E-state index contributed by atoms with van der Waals surface area (Å²) < 4.78 is 27.7. The van der Waals surface area contributed by atoms with Crippen molar-refractivity contribution in [3.8, 4) is 0 Å². The molecule has 0 aromatic rings. The van der Waals surface area contributed by atoms with Crippen LogP contribution in [0.4, 0.5) is 0 Å². The molecule has 0 aliphatic carbocycles. The third-order valence-electron chi connectivity index (χ3n) is 5.41. The summed E-state index contributed by atoms with van der Waals surface area (Å²) in [4.78, 5) is 0. The first-order chi connectivity index (χ1) is 12.2. The summed E-state index contributed by atoms with van der Waals surface area (Å²) >= 11 is -4.32. The Bertz CT molecular complexity index is 368. The van der Waals surface area contributed by atoms with Gasteiger partial charge in [-0.15, -0.1) is 0 Å². The minimum atomic E-state index is -4.32. The summed E-state index contributed by atoms with van der Waals surface area (Å²) in [6.07, 6.45) is 0. The average molecular weight is 500 g/mol. The molecule has 4 nitrogen and oxygen atoms in total. The van der Waals surface area contributed by atoms with Crippen LogP contribution < -0.4 is 0 Å². The van der Waals surface area contributed by atoms with Gasteiger partial charge in [0.15, 0.2) is 0 Å². The van der Waals surface area contributed by atoms with Crippen LogP contribution >= 0.6 is 0 Å². The molecule has 0 bridgehead atoms. The van der Waals surface area contributed by atoms with Crippen molar-refractivity contribution in [2.75, 3.05) is 0 Å². The standard InChI is InChI=1S/2C6H15OSi.2C4H9O.Zr/c2*1-4-8(7,5-2)6-3;2*1-4(2,3)5;/h2*4-6H2,1-3H3;2*1-3H3;/q4*-1;+4. The maximum atomic E-state index is 7.10. The molecule has 0 fully saturated rings. The van der Waals surface area contributed by atoms with Gasteiger partial charge in [0.25, 0.3) is 0 Å². The predicted molar refractivity (Wildman–Crippen MR) is 118 cm³/mol. The Morgan fingerprint density at radius 1 is 0.519 bits per heavy atom. The van der Waals surface area contributed by atoms with Crippen LogP contribution in [-0.2, 0) is 32.7 Å². The van der Waals surface area contributed by atoms with Crippen molar-refractivity contribution in [2.45, 2.75) is 131 Å². The first-order valence-electron chi connectivity index (χ1n) is 11.0. The summed E-state index contributed by atoms with van der Waals surface area (Å²) in [6, 6.07) is 6.43. The van der Waals surface area contributed by atoms with Gasteiger partial charge in [0.2, 0.25) is 0 Å². The molecule has 0 aromatic carbocycles. The minimum absolute atomic E-state index is 0.355. The number of rotatable bonds is 12. The van der Waals surface area contributed by atoms with Crippen LogP contribution in [0.2, 0.25) is 36.3 Å². The van der Waals surface area contributed by atoms with Gasteiger partial charge in [-0.2, -0.15) is 0 Å². The Hall–Kier alpha value is 1.16. The van der Waals surface area contributed by atoms with Gasteiger partial charge in [-0.3, -0.25) is 0 Å². The Morgan fingerprint density at radius 2 is 0.741 bits per heavy atom. The first-order valence-corrected chi connectivity index (χ1v) is 20.1. The first kappa shape index (κ1) is 28.2. The Kier molecular flexibility index (Phi) is 11.4. The van der Waals surface area contributed by atoms with Gasteiger partial charge in [0.05, 0.1) is 0 Å². The molecule has 164 valence electrons. The summed E-state index contributed by atoms with van der Waals surface area (Å²) in [5.74, 6) is 0. The zero-order chi connectivity index (χ0) is 21.6. The molecule has 0 atom stereocenters. The molecule has 0 N–H and O–H groups in total.